The number of anilines is 2. The Bertz CT molecular complexity index is 667. The van der Waals surface area contributed by atoms with Crippen LogP contribution in [0.3, 0.4) is 0 Å². The fraction of sp³-hybridized carbons (Fsp3) is 0.286. The molecule has 104 valence electrons. The van der Waals surface area contributed by atoms with Crippen LogP contribution in [0.25, 0.3) is 0 Å². The summed E-state index contributed by atoms with van der Waals surface area (Å²) in [6.07, 6.45) is 0. The number of aromatic nitrogens is 2. The van der Waals surface area contributed by atoms with Crippen molar-refractivity contribution in [1.82, 2.24) is 9.97 Å². The van der Waals surface area contributed by atoms with Gasteiger partial charge in [-0.05, 0) is 17.7 Å². The Morgan fingerprint density at radius 3 is 2.90 bits per heavy atom. The highest BCUT2D eigenvalue weighted by molar-refractivity contribution is 7.98. The summed E-state index contributed by atoms with van der Waals surface area (Å²) in [5, 5.41) is 3.13. The van der Waals surface area contributed by atoms with Gasteiger partial charge in [0.05, 0.1) is 12.3 Å². The summed E-state index contributed by atoms with van der Waals surface area (Å²) in [6.45, 7) is 0.589. The minimum atomic E-state index is -0.0431. The third-order valence-electron chi connectivity index (χ3n) is 3.11. The van der Waals surface area contributed by atoms with E-state index in [9.17, 15) is 4.79 Å². The van der Waals surface area contributed by atoms with Crippen molar-refractivity contribution in [2.24, 2.45) is 0 Å². The first-order valence-corrected chi connectivity index (χ1v) is 7.46. The number of aromatic amines is 1. The fourth-order valence-electron chi connectivity index (χ4n) is 2.11. The Hall–Kier alpha value is -1.79. The van der Waals surface area contributed by atoms with Gasteiger partial charge in [0.25, 0.3) is 5.56 Å². The molecule has 2 heterocycles. The number of nitrogens with zero attached hydrogens (tertiary/aromatic N) is 1. The molecule has 0 saturated heterocycles. The molecule has 0 unspecified atom stereocenters. The lowest BCUT2D eigenvalue weighted by atomic mass is 10.2. The van der Waals surface area contributed by atoms with Crippen LogP contribution in [0.4, 0.5) is 11.6 Å². The smallest absolute Gasteiger partial charge is 0.256 e. The highest BCUT2D eigenvalue weighted by atomic mass is 32.2. The van der Waals surface area contributed by atoms with E-state index in [2.05, 4.69) is 15.3 Å². The maximum atomic E-state index is 11.9. The van der Waals surface area contributed by atoms with E-state index in [0.717, 1.165) is 34.0 Å². The number of rotatable bonds is 4. The van der Waals surface area contributed by atoms with E-state index in [1.165, 1.54) is 0 Å². The average Bonchev–Trinajstić information content (AvgIpc) is 2.90. The Morgan fingerprint density at radius 1 is 1.35 bits per heavy atom. The topological polar surface area (TPSA) is 67.0 Å². The van der Waals surface area contributed by atoms with Crippen molar-refractivity contribution in [3.63, 3.8) is 0 Å². The van der Waals surface area contributed by atoms with E-state index < -0.39 is 0 Å². The summed E-state index contributed by atoms with van der Waals surface area (Å²) >= 11 is 1.72. The van der Waals surface area contributed by atoms with E-state index in [-0.39, 0.29) is 5.56 Å². The molecule has 1 aliphatic heterocycles. The number of H-pyrrole nitrogens is 1. The van der Waals surface area contributed by atoms with Gasteiger partial charge in [0.1, 0.15) is 0 Å². The van der Waals surface area contributed by atoms with Crippen LogP contribution in [0.15, 0.2) is 29.1 Å². The molecule has 0 amide bonds. The number of hydrogen-bond donors (Lipinski definition) is 2. The molecule has 1 aromatic heterocycles. The van der Waals surface area contributed by atoms with Gasteiger partial charge in [-0.15, -0.1) is 0 Å². The van der Waals surface area contributed by atoms with Crippen LogP contribution >= 0.6 is 11.8 Å². The SMILES string of the molecule is COCc1ccc(Nc2nc3c(c(=O)[nH]2)CSC3)cc1. The molecule has 5 nitrogen and oxygen atoms in total. The molecule has 0 fully saturated rings. The van der Waals surface area contributed by atoms with Gasteiger partial charge >= 0.3 is 0 Å². The highest BCUT2D eigenvalue weighted by Gasteiger charge is 2.17. The standard InChI is InChI=1S/C14H15N3O2S/c1-19-6-9-2-4-10(5-3-9)15-14-16-12-8-20-7-11(12)13(18)17-14/h2-5H,6-8H2,1H3,(H2,15,16,17,18). The summed E-state index contributed by atoms with van der Waals surface area (Å²) < 4.78 is 5.07. The van der Waals surface area contributed by atoms with Gasteiger partial charge in [-0.25, -0.2) is 4.98 Å². The zero-order valence-electron chi connectivity index (χ0n) is 11.1. The quantitative estimate of drug-likeness (QED) is 0.904. The molecule has 2 aromatic rings. The number of ether oxygens (including phenoxy) is 1. The molecular formula is C14H15N3O2S. The first-order valence-electron chi connectivity index (χ1n) is 6.31. The van der Waals surface area contributed by atoms with Gasteiger partial charge in [0.15, 0.2) is 0 Å². The lowest BCUT2D eigenvalue weighted by Crippen LogP contribution is -2.16. The molecule has 0 spiro atoms. The van der Waals surface area contributed by atoms with E-state index in [1.807, 2.05) is 24.3 Å². The van der Waals surface area contributed by atoms with Gasteiger partial charge in [-0.3, -0.25) is 9.78 Å². The maximum absolute atomic E-state index is 11.9. The van der Waals surface area contributed by atoms with Crippen LogP contribution in [-0.2, 0) is 22.8 Å². The Kier molecular flexibility index (Phi) is 3.75. The van der Waals surface area contributed by atoms with Crippen molar-refractivity contribution < 1.29 is 4.74 Å². The normalized spacial score (nSPS) is 13.2. The van der Waals surface area contributed by atoms with Crippen molar-refractivity contribution in [2.45, 2.75) is 18.1 Å². The van der Waals surface area contributed by atoms with Crippen LogP contribution in [0.1, 0.15) is 16.8 Å². The fourth-order valence-corrected chi connectivity index (χ4v) is 3.15. The zero-order valence-corrected chi connectivity index (χ0v) is 11.9. The summed E-state index contributed by atoms with van der Waals surface area (Å²) in [5.41, 5.74) is 3.63. The molecule has 20 heavy (non-hydrogen) atoms. The van der Waals surface area contributed by atoms with Gasteiger partial charge in [-0.2, -0.15) is 11.8 Å². The Balaban J connectivity index is 1.81. The summed E-state index contributed by atoms with van der Waals surface area (Å²) in [7, 11) is 1.67. The lowest BCUT2D eigenvalue weighted by molar-refractivity contribution is 0.185. The van der Waals surface area contributed by atoms with E-state index in [1.54, 1.807) is 18.9 Å². The van der Waals surface area contributed by atoms with Crippen LogP contribution in [-0.4, -0.2) is 17.1 Å². The summed E-state index contributed by atoms with van der Waals surface area (Å²) in [6, 6.07) is 7.84. The predicted octanol–water partition coefficient (Wildman–Crippen LogP) is 2.41. The second kappa shape index (κ2) is 5.68. The first kappa shape index (κ1) is 13.2. The molecule has 2 N–H and O–H groups in total. The van der Waals surface area contributed by atoms with Crippen LogP contribution in [0.2, 0.25) is 0 Å². The first-order chi connectivity index (χ1) is 9.76. The minimum Gasteiger partial charge on any atom is -0.380 e. The van der Waals surface area contributed by atoms with Crippen LogP contribution in [0, 0.1) is 0 Å². The molecule has 0 radical (unpaired) electrons. The third kappa shape index (κ3) is 2.71. The van der Waals surface area contributed by atoms with E-state index in [4.69, 9.17) is 4.74 Å². The maximum Gasteiger partial charge on any atom is 0.256 e. The molecule has 1 aromatic carbocycles. The monoisotopic (exact) mass is 289 g/mol. The van der Waals surface area contributed by atoms with Crippen LogP contribution in [0.5, 0.6) is 0 Å². The van der Waals surface area contributed by atoms with Crippen molar-refractivity contribution >= 4 is 23.4 Å². The molecule has 1 aliphatic rings. The molecule has 0 bridgehead atoms. The summed E-state index contributed by atoms with van der Waals surface area (Å²) in [4.78, 5) is 19.1. The average molecular weight is 289 g/mol. The highest BCUT2D eigenvalue weighted by Crippen LogP contribution is 2.26. The second-order valence-electron chi connectivity index (χ2n) is 4.59. The number of nitrogens with one attached hydrogen (secondary N) is 2. The molecule has 0 atom stereocenters. The second-order valence-corrected chi connectivity index (χ2v) is 5.57. The predicted molar refractivity (Wildman–Crippen MR) is 80.3 cm³/mol. The van der Waals surface area contributed by atoms with E-state index in [0.29, 0.717) is 12.6 Å². The third-order valence-corrected chi connectivity index (χ3v) is 4.08. The van der Waals surface area contributed by atoms with Crippen molar-refractivity contribution in [2.75, 3.05) is 12.4 Å². The van der Waals surface area contributed by atoms with E-state index >= 15 is 0 Å². The number of hydrogen-bond acceptors (Lipinski definition) is 5. The number of methoxy groups -OCH3 is 1. The number of fused-ring (bicyclic) bond motifs is 1. The van der Waals surface area contributed by atoms with Gasteiger partial charge < -0.3 is 10.1 Å². The van der Waals surface area contributed by atoms with Gasteiger partial charge in [-0.1, -0.05) is 12.1 Å². The minimum absolute atomic E-state index is 0.0431. The number of thioether (sulfide) groups is 1. The van der Waals surface area contributed by atoms with Crippen LogP contribution < -0.4 is 10.9 Å². The van der Waals surface area contributed by atoms with Gasteiger partial charge in [0, 0.05) is 29.9 Å². The van der Waals surface area contributed by atoms with Crippen molar-refractivity contribution in [3.8, 4) is 0 Å². The molecular weight excluding hydrogens is 274 g/mol. The van der Waals surface area contributed by atoms with Crippen molar-refractivity contribution in [3.05, 3.63) is 51.4 Å². The molecule has 0 aliphatic carbocycles. The molecule has 3 rings (SSSR count). The van der Waals surface area contributed by atoms with Crippen molar-refractivity contribution in [1.29, 1.82) is 0 Å². The van der Waals surface area contributed by atoms with Gasteiger partial charge in [0.2, 0.25) is 5.95 Å². The summed E-state index contributed by atoms with van der Waals surface area (Å²) in [5.74, 6) is 2.06. The number of benzene rings is 1. The molecule has 6 heteroatoms. The zero-order chi connectivity index (χ0) is 13.9. The largest absolute Gasteiger partial charge is 0.380 e. The molecule has 0 saturated carbocycles. The Morgan fingerprint density at radius 2 is 2.15 bits per heavy atom. The Labute approximate surface area is 120 Å². The lowest BCUT2D eigenvalue weighted by Gasteiger charge is -2.07.